The summed E-state index contributed by atoms with van der Waals surface area (Å²) in [4.78, 5) is 21.8. The van der Waals surface area contributed by atoms with Gasteiger partial charge in [-0.05, 0) is 13.3 Å². The van der Waals surface area contributed by atoms with E-state index in [-0.39, 0.29) is 95.3 Å². The summed E-state index contributed by atoms with van der Waals surface area (Å²) in [6.45, 7) is 3.67. The minimum Gasteiger partial charge on any atom is -0.747 e. The number of carbonyl (C=O) groups is 2. The topological polar surface area (TPSA) is 156 Å². The quantitative estimate of drug-likeness (QED) is 0.0785. The van der Waals surface area contributed by atoms with Crippen molar-refractivity contribution in [1.82, 2.24) is 0 Å². The maximum Gasteiger partial charge on any atom is 1.00 e. The largest absolute Gasteiger partial charge is 1.00 e. The number of hydrogen-bond donors (Lipinski definition) is 0. The van der Waals surface area contributed by atoms with E-state index in [4.69, 9.17) is 9.47 Å². The van der Waals surface area contributed by atoms with Crippen LogP contribution in [0.2, 0.25) is 0 Å². The maximum atomic E-state index is 11.0. The zero-order valence-corrected chi connectivity index (χ0v) is 26.4. The summed E-state index contributed by atoms with van der Waals surface area (Å²) in [6, 6.07) is 0. The fourth-order valence-electron chi connectivity index (χ4n) is 2.73. The fraction of sp³-hybridized carbons (Fsp3) is 0.889. The van der Waals surface area contributed by atoms with Gasteiger partial charge in [0, 0.05) is 6.61 Å². The molecule has 0 aliphatic heterocycles. The molecule has 3 atom stereocenters. The Balaban J connectivity index is -0.00000121. The van der Waals surface area contributed by atoms with Gasteiger partial charge in [-0.15, -0.1) is 0 Å². The van der Waals surface area contributed by atoms with Crippen molar-refractivity contribution in [2.24, 2.45) is 0 Å². The maximum absolute atomic E-state index is 11.0. The smallest absolute Gasteiger partial charge is 0.747 e. The molecule has 0 heterocycles. The Morgan fingerprint density at radius 3 is 1.58 bits per heavy atom. The molecule has 9 nitrogen and oxygen atoms in total. The number of aliphatic carboxylic acids is 2. The molecule has 0 aliphatic carbocycles. The molecule has 0 bridgehead atoms. The zero-order valence-electron chi connectivity index (χ0n) is 19.6. The predicted octanol–water partition coefficient (Wildman–Crippen LogP) is -8.92. The number of ether oxygens (including phenoxy) is 2. The van der Waals surface area contributed by atoms with E-state index in [2.05, 4.69) is 6.92 Å². The summed E-state index contributed by atoms with van der Waals surface area (Å²) >= 11 is 0. The molecule has 0 saturated carbocycles. The molecule has 166 valence electrons. The Kier molecular flexibility index (Phi) is 30.3. The van der Waals surface area contributed by atoms with Crippen molar-refractivity contribution in [3.63, 3.8) is 0 Å². The summed E-state index contributed by atoms with van der Waals surface area (Å²) < 4.78 is 42.9. The van der Waals surface area contributed by atoms with Crippen LogP contribution in [-0.4, -0.2) is 49.2 Å². The standard InChI is InChI=1S/C18H34O9S.3Na/c1-3-4-5-6-7-8-9-10-11-12-13-26-14(2)27-15(17(19)20)16(18(21)22)28(23,24)25;;;/h14-16H,3-13H2,1-2H3,(H,19,20)(H,21,22)(H,23,24,25);;;/q;3*+1/p-3. The van der Waals surface area contributed by atoms with E-state index in [1.165, 1.54) is 45.4 Å². The molecule has 13 heteroatoms. The molecule has 0 fully saturated rings. The van der Waals surface area contributed by atoms with Crippen LogP contribution in [0.4, 0.5) is 0 Å². The van der Waals surface area contributed by atoms with Crippen LogP contribution < -0.4 is 98.9 Å². The van der Waals surface area contributed by atoms with Gasteiger partial charge in [0.1, 0.15) is 21.5 Å². The Morgan fingerprint density at radius 2 is 1.23 bits per heavy atom. The number of carboxylic acids is 2. The summed E-state index contributed by atoms with van der Waals surface area (Å²) in [5, 5.41) is 18.9. The second kappa shape index (κ2) is 23.5. The van der Waals surface area contributed by atoms with Crippen molar-refractivity contribution in [2.45, 2.75) is 95.7 Å². The predicted molar refractivity (Wildman–Crippen MR) is 95.6 cm³/mol. The van der Waals surface area contributed by atoms with Gasteiger partial charge < -0.3 is 33.8 Å². The van der Waals surface area contributed by atoms with Crippen molar-refractivity contribution < 1.29 is 131 Å². The van der Waals surface area contributed by atoms with Crippen LogP contribution in [0, 0.1) is 0 Å². The molecule has 0 aromatic rings. The number of unbranched alkanes of at least 4 members (excludes halogenated alkanes) is 9. The fourth-order valence-corrected chi connectivity index (χ4v) is 3.44. The summed E-state index contributed by atoms with van der Waals surface area (Å²) in [7, 11) is -5.51. The van der Waals surface area contributed by atoms with Gasteiger partial charge in [-0.1, -0.05) is 64.7 Å². The molecule has 0 aliphatic rings. The van der Waals surface area contributed by atoms with E-state index in [9.17, 15) is 32.8 Å². The number of carbonyl (C=O) groups excluding carboxylic acids is 2. The van der Waals surface area contributed by atoms with Crippen molar-refractivity contribution in [3.05, 3.63) is 0 Å². The number of rotatable bonds is 18. The van der Waals surface area contributed by atoms with Crippen molar-refractivity contribution in [2.75, 3.05) is 6.61 Å². The molecule has 0 radical (unpaired) electrons. The van der Waals surface area contributed by atoms with Crippen LogP contribution in [0.1, 0.15) is 78.1 Å². The van der Waals surface area contributed by atoms with E-state index in [1.54, 1.807) is 0 Å². The molecule has 0 rings (SSSR count). The van der Waals surface area contributed by atoms with E-state index >= 15 is 0 Å². The van der Waals surface area contributed by atoms with Crippen molar-refractivity contribution >= 4 is 22.1 Å². The summed E-state index contributed by atoms with van der Waals surface area (Å²) in [5.74, 6) is -4.52. The molecule has 31 heavy (non-hydrogen) atoms. The molecule has 0 saturated heterocycles. The third kappa shape index (κ3) is 20.8. The van der Waals surface area contributed by atoms with Crippen molar-refractivity contribution in [3.8, 4) is 0 Å². The van der Waals surface area contributed by atoms with Gasteiger partial charge >= 0.3 is 88.7 Å². The summed E-state index contributed by atoms with van der Waals surface area (Å²) in [6.07, 6.45) is 7.46. The van der Waals surface area contributed by atoms with E-state index in [1.807, 2.05) is 0 Å². The normalized spacial score (nSPS) is 13.6. The Labute approximate surface area is 252 Å². The second-order valence-corrected chi connectivity index (χ2v) is 8.22. The molecule has 0 N–H and O–H groups in total. The molecule has 0 aromatic heterocycles. The van der Waals surface area contributed by atoms with Crippen LogP contribution in [-0.2, 0) is 29.2 Å². The van der Waals surface area contributed by atoms with Gasteiger partial charge in [0.2, 0.25) is 0 Å². The van der Waals surface area contributed by atoms with E-state index < -0.39 is 39.7 Å². The van der Waals surface area contributed by atoms with Crippen LogP contribution in [0.3, 0.4) is 0 Å². The first-order chi connectivity index (χ1) is 13.1. The second-order valence-electron chi connectivity index (χ2n) is 6.73. The molecule has 0 amide bonds. The number of hydrogen-bond acceptors (Lipinski definition) is 9. The molecule has 3 unspecified atom stereocenters. The molecular formula is C18H31Na3O9S. The van der Waals surface area contributed by atoms with Gasteiger partial charge in [0.25, 0.3) is 0 Å². The molecular weight excluding hydrogens is 461 g/mol. The SMILES string of the molecule is CCCCCCCCCCCCOC(C)OC(C(=O)[O-])C(C(=O)[O-])S(=O)(=O)[O-].[Na+].[Na+].[Na+]. The zero-order chi connectivity index (χ0) is 21.6. The minimum atomic E-state index is -5.51. The number of carboxylic acid groups (broad SMARTS) is 2. The van der Waals surface area contributed by atoms with Crippen molar-refractivity contribution in [1.29, 1.82) is 0 Å². The first kappa shape index (κ1) is 40.0. The van der Waals surface area contributed by atoms with Crippen LogP contribution in [0.25, 0.3) is 0 Å². The monoisotopic (exact) mass is 492 g/mol. The minimum absolute atomic E-state index is 0. The Bertz CT molecular complexity index is 561. The first-order valence-corrected chi connectivity index (χ1v) is 11.2. The van der Waals surface area contributed by atoms with Gasteiger partial charge in [-0.2, -0.15) is 0 Å². The van der Waals surface area contributed by atoms with Crippen LogP contribution in [0.15, 0.2) is 0 Å². The van der Waals surface area contributed by atoms with Gasteiger partial charge in [-0.3, -0.25) is 0 Å². The Morgan fingerprint density at radius 1 is 0.806 bits per heavy atom. The van der Waals surface area contributed by atoms with Crippen LogP contribution in [0.5, 0.6) is 0 Å². The van der Waals surface area contributed by atoms with Gasteiger partial charge in [-0.25, -0.2) is 8.42 Å². The van der Waals surface area contributed by atoms with E-state index in [0.29, 0.717) is 6.42 Å². The van der Waals surface area contributed by atoms with Gasteiger partial charge in [0.05, 0.1) is 11.9 Å². The van der Waals surface area contributed by atoms with Crippen LogP contribution >= 0.6 is 0 Å². The first-order valence-electron chi connectivity index (χ1n) is 9.74. The Hall–Kier alpha value is 1.77. The average Bonchev–Trinajstić information content (AvgIpc) is 2.57. The van der Waals surface area contributed by atoms with E-state index in [0.717, 1.165) is 19.3 Å². The third-order valence-electron chi connectivity index (χ3n) is 4.24. The average molecular weight is 492 g/mol. The van der Waals surface area contributed by atoms with Gasteiger partial charge in [0.15, 0.2) is 6.29 Å². The molecule has 0 aromatic carbocycles. The summed E-state index contributed by atoms with van der Waals surface area (Å²) in [5.41, 5.74) is 0. The third-order valence-corrected chi connectivity index (χ3v) is 5.30. The molecule has 0 spiro atoms.